The molecule has 3 atom stereocenters. The van der Waals surface area contributed by atoms with Crippen molar-refractivity contribution in [2.24, 2.45) is 5.92 Å². The van der Waals surface area contributed by atoms with Gasteiger partial charge in [0, 0.05) is 19.8 Å². The number of ether oxygens (including phenoxy) is 3. The minimum atomic E-state index is -0.279. The Morgan fingerprint density at radius 3 is 2.38 bits per heavy atom. The maximum absolute atomic E-state index is 11.4. The molecule has 0 saturated carbocycles. The quantitative estimate of drug-likeness (QED) is 0.693. The molecule has 16 heavy (non-hydrogen) atoms. The molecule has 0 amide bonds. The van der Waals surface area contributed by atoms with Crippen LogP contribution in [0.4, 0.5) is 0 Å². The van der Waals surface area contributed by atoms with Crippen LogP contribution in [-0.4, -0.2) is 39.5 Å². The first-order valence-corrected chi connectivity index (χ1v) is 4.98. The lowest BCUT2D eigenvalue weighted by Gasteiger charge is -2.32. The molecule has 0 radical (unpaired) electrons. The van der Waals surface area contributed by atoms with Crippen LogP contribution >= 0.6 is 0 Å². The Kier molecular flexibility index (Phi) is 6.29. The molecule has 0 spiro atoms. The highest BCUT2D eigenvalue weighted by molar-refractivity contribution is 5.88. The van der Waals surface area contributed by atoms with Gasteiger partial charge in [-0.3, -0.25) is 0 Å². The highest BCUT2D eigenvalue weighted by Gasteiger charge is 2.33. The van der Waals surface area contributed by atoms with Gasteiger partial charge in [0.1, 0.15) is 6.10 Å². The summed E-state index contributed by atoms with van der Waals surface area (Å²) in [4.78, 5) is 11.4. The van der Waals surface area contributed by atoms with Crippen LogP contribution in [0.5, 0.6) is 0 Å². The van der Waals surface area contributed by atoms with E-state index in [1.807, 2.05) is 6.92 Å². The molecule has 4 nitrogen and oxygen atoms in total. The normalized spacial score (nSPS) is 29.0. The summed E-state index contributed by atoms with van der Waals surface area (Å²) in [5.74, 6) is -0.0301. The van der Waals surface area contributed by atoms with Gasteiger partial charge in [-0.05, 0) is 18.4 Å². The fourth-order valence-electron chi connectivity index (χ4n) is 2.00. The van der Waals surface area contributed by atoms with Crippen molar-refractivity contribution in [1.82, 2.24) is 0 Å². The molecule has 0 saturated heterocycles. The van der Waals surface area contributed by atoms with Gasteiger partial charge in [0.05, 0.1) is 13.2 Å². The minimum Gasteiger partial charge on any atom is -0.466 e. The average Bonchev–Trinajstić information content (AvgIpc) is 2.26. The zero-order valence-corrected chi connectivity index (χ0v) is 9.65. The van der Waals surface area contributed by atoms with Crippen molar-refractivity contribution in [2.75, 3.05) is 21.3 Å². The zero-order valence-electron chi connectivity index (χ0n) is 9.65. The molecule has 0 aromatic rings. The van der Waals surface area contributed by atoms with E-state index < -0.39 is 0 Å². The van der Waals surface area contributed by atoms with E-state index in [0.29, 0.717) is 12.0 Å². The number of methoxy groups -OCH3 is 3. The summed E-state index contributed by atoms with van der Waals surface area (Å²) in [6.45, 7) is 2.04. The zero-order chi connectivity index (χ0) is 11.4. The molecule has 4 heteroatoms. The fourth-order valence-corrected chi connectivity index (χ4v) is 2.00. The van der Waals surface area contributed by atoms with Crippen LogP contribution in [0.25, 0.3) is 0 Å². The summed E-state index contributed by atoms with van der Waals surface area (Å²) in [5, 5.41) is 0. The van der Waals surface area contributed by atoms with Gasteiger partial charge in [0.15, 0.2) is 0 Å². The van der Waals surface area contributed by atoms with Crippen LogP contribution in [0.1, 0.15) is 20.8 Å². The molecular weight excluding hydrogens is 208 g/mol. The lowest BCUT2D eigenvalue weighted by atomic mass is 9.86. The number of rotatable bonds is 3. The number of hydrogen-bond donors (Lipinski definition) is 0. The minimum absolute atomic E-state index is 0. The van der Waals surface area contributed by atoms with Gasteiger partial charge in [0.2, 0.25) is 0 Å². The van der Waals surface area contributed by atoms with E-state index >= 15 is 0 Å². The second kappa shape index (κ2) is 6.66. The van der Waals surface area contributed by atoms with Gasteiger partial charge in [-0.2, -0.15) is 0 Å². The maximum atomic E-state index is 11.4. The molecule has 0 aliphatic heterocycles. The van der Waals surface area contributed by atoms with E-state index in [2.05, 4.69) is 0 Å². The first kappa shape index (κ1) is 15.1. The van der Waals surface area contributed by atoms with E-state index in [4.69, 9.17) is 14.2 Å². The van der Waals surface area contributed by atoms with Crippen molar-refractivity contribution in [3.63, 3.8) is 0 Å². The standard InChI is InChI=1S/C11H18O4.CH4/c1-7-5-8(11(12)15-4)6-9(13-2)10(7)14-3;/h6-7,9-10H,5H2,1-4H3;1H4/t7-,9?,10?;/m1./s1. The summed E-state index contributed by atoms with van der Waals surface area (Å²) in [6.07, 6.45) is 2.29. The maximum Gasteiger partial charge on any atom is 0.333 e. The third-order valence-corrected chi connectivity index (χ3v) is 2.78. The number of carbonyl (C=O) groups excluding carboxylic acids is 1. The largest absolute Gasteiger partial charge is 0.466 e. The van der Waals surface area contributed by atoms with Gasteiger partial charge < -0.3 is 14.2 Å². The number of carbonyl (C=O) groups is 1. The van der Waals surface area contributed by atoms with E-state index in [1.54, 1.807) is 20.3 Å². The highest BCUT2D eigenvalue weighted by atomic mass is 16.5. The highest BCUT2D eigenvalue weighted by Crippen LogP contribution is 2.28. The van der Waals surface area contributed by atoms with Gasteiger partial charge in [-0.1, -0.05) is 14.4 Å². The molecule has 0 N–H and O–H groups in total. The molecule has 1 aliphatic carbocycles. The third-order valence-electron chi connectivity index (χ3n) is 2.78. The Balaban J connectivity index is 0.00000225. The predicted molar refractivity (Wildman–Crippen MR) is 62.2 cm³/mol. The van der Waals surface area contributed by atoms with Gasteiger partial charge >= 0.3 is 5.97 Å². The van der Waals surface area contributed by atoms with E-state index in [1.165, 1.54) is 7.11 Å². The van der Waals surface area contributed by atoms with Crippen LogP contribution in [0, 0.1) is 5.92 Å². The summed E-state index contributed by atoms with van der Waals surface area (Å²) in [5.41, 5.74) is 0.671. The Hall–Kier alpha value is -0.870. The Bertz CT molecular complexity index is 260. The van der Waals surface area contributed by atoms with E-state index in [9.17, 15) is 4.79 Å². The van der Waals surface area contributed by atoms with E-state index in [0.717, 1.165) is 0 Å². The first-order valence-electron chi connectivity index (χ1n) is 4.98. The van der Waals surface area contributed by atoms with Crippen molar-refractivity contribution >= 4 is 5.97 Å². The fraction of sp³-hybridized carbons (Fsp3) is 0.750. The van der Waals surface area contributed by atoms with Crippen molar-refractivity contribution in [1.29, 1.82) is 0 Å². The molecule has 0 fully saturated rings. The summed E-state index contributed by atoms with van der Waals surface area (Å²) >= 11 is 0. The third kappa shape index (κ3) is 3.06. The molecule has 1 aliphatic rings. The molecule has 0 aromatic carbocycles. The number of esters is 1. The van der Waals surface area contributed by atoms with Crippen molar-refractivity contribution < 1.29 is 19.0 Å². The van der Waals surface area contributed by atoms with Crippen LogP contribution in [0.2, 0.25) is 0 Å². The average molecular weight is 230 g/mol. The smallest absolute Gasteiger partial charge is 0.333 e. The predicted octanol–water partition coefficient (Wildman–Crippen LogP) is 1.79. The van der Waals surface area contributed by atoms with Crippen molar-refractivity contribution in [3.8, 4) is 0 Å². The molecule has 1 rings (SSSR count). The van der Waals surface area contributed by atoms with Gasteiger partial charge in [0.25, 0.3) is 0 Å². The molecule has 0 aromatic heterocycles. The Morgan fingerprint density at radius 2 is 1.94 bits per heavy atom. The monoisotopic (exact) mass is 230 g/mol. The molecule has 0 bridgehead atoms. The summed E-state index contributed by atoms with van der Waals surface area (Å²) in [6, 6.07) is 0. The topological polar surface area (TPSA) is 44.8 Å². The molecule has 0 heterocycles. The van der Waals surface area contributed by atoms with Crippen molar-refractivity contribution in [2.45, 2.75) is 33.0 Å². The Morgan fingerprint density at radius 1 is 1.31 bits per heavy atom. The first-order chi connectivity index (χ1) is 7.13. The van der Waals surface area contributed by atoms with Crippen LogP contribution in [0.15, 0.2) is 11.6 Å². The molecule has 2 unspecified atom stereocenters. The lowest BCUT2D eigenvalue weighted by Crippen LogP contribution is -2.38. The second-order valence-electron chi connectivity index (χ2n) is 3.77. The van der Waals surface area contributed by atoms with Crippen LogP contribution in [-0.2, 0) is 19.0 Å². The van der Waals surface area contributed by atoms with Gasteiger partial charge in [-0.15, -0.1) is 0 Å². The van der Waals surface area contributed by atoms with E-state index in [-0.39, 0.29) is 31.5 Å². The van der Waals surface area contributed by atoms with Crippen LogP contribution < -0.4 is 0 Å². The number of hydrogen-bond acceptors (Lipinski definition) is 4. The summed E-state index contributed by atoms with van der Waals surface area (Å²) < 4.78 is 15.3. The summed E-state index contributed by atoms with van der Waals surface area (Å²) in [7, 11) is 4.66. The SMILES string of the molecule is C.COC(=O)C1=CC(OC)C(OC)[C@H](C)C1. The Labute approximate surface area is 97.6 Å². The second-order valence-corrected chi connectivity index (χ2v) is 3.77. The molecular formula is C12H22O4. The van der Waals surface area contributed by atoms with Crippen molar-refractivity contribution in [3.05, 3.63) is 11.6 Å². The lowest BCUT2D eigenvalue weighted by molar-refractivity contribution is -0.137. The van der Waals surface area contributed by atoms with Crippen LogP contribution in [0.3, 0.4) is 0 Å². The van der Waals surface area contributed by atoms with Gasteiger partial charge in [-0.25, -0.2) is 4.79 Å². The molecule has 94 valence electrons.